The Balaban J connectivity index is 1.79. The van der Waals surface area contributed by atoms with E-state index < -0.39 is 46.6 Å². The molecule has 2 aliphatic rings. The van der Waals surface area contributed by atoms with Crippen molar-refractivity contribution in [2.24, 2.45) is 4.99 Å². The van der Waals surface area contributed by atoms with Crippen LogP contribution in [0.5, 0.6) is 0 Å². The van der Waals surface area contributed by atoms with Gasteiger partial charge in [-0.25, -0.2) is 22.9 Å². The summed E-state index contributed by atoms with van der Waals surface area (Å²) in [5, 5.41) is 2.51. The second-order valence-electron chi connectivity index (χ2n) is 7.62. The fourth-order valence-corrected chi connectivity index (χ4v) is 6.57. The Kier molecular flexibility index (Phi) is 4.94. The molecule has 2 aromatic carbocycles. The highest BCUT2D eigenvalue weighted by atomic mass is 32.3. The summed E-state index contributed by atoms with van der Waals surface area (Å²) in [5.41, 5.74) is -0.869. The number of aliphatic imine (C=N–C) groups is 1. The number of hydrogen-bond donors (Lipinski definition) is 3. The van der Waals surface area contributed by atoms with Gasteiger partial charge in [-0.1, -0.05) is 36.4 Å². The van der Waals surface area contributed by atoms with E-state index in [0.717, 1.165) is 4.31 Å². The Hall–Kier alpha value is -2.72. The Morgan fingerprint density at radius 1 is 1.17 bits per heavy atom. The molecular formula is C20H21F3N4O2S. The van der Waals surface area contributed by atoms with Crippen molar-refractivity contribution in [3.8, 4) is 0 Å². The molecule has 0 aliphatic carbocycles. The molecule has 160 valence electrons. The fourth-order valence-electron chi connectivity index (χ4n) is 3.73. The van der Waals surface area contributed by atoms with Crippen LogP contribution in [0.4, 0.5) is 13.2 Å². The van der Waals surface area contributed by atoms with Crippen molar-refractivity contribution in [3.05, 3.63) is 71.5 Å². The number of alkyl halides is 2. The zero-order chi connectivity index (χ0) is 21.6. The highest BCUT2D eigenvalue weighted by molar-refractivity contribution is 7.99. The number of carbonyl (C=O) groups is 1. The lowest BCUT2D eigenvalue weighted by Crippen LogP contribution is -2.69. The van der Waals surface area contributed by atoms with Crippen molar-refractivity contribution in [3.63, 3.8) is 0 Å². The molecule has 30 heavy (non-hydrogen) atoms. The molecule has 4 rings (SSSR count). The lowest BCUT2D eigenvalue weighted by molar-refractivity contribution is -0.00851. The number of guanidine groups is 1. The monoisotopic (exact) mass is 438 g/mol. The van der Waals surface area contributed by atoms with Crippen LogP contribution in [0.2, 0.25) is 0 Å². The van der Waals surface area contributed by atoms with E-state index in [1.54, 1.807) is 43.3 Å². The second kappa shape index (κ2) is 7.21. The number of thiol groups is 1. The van der Waals surface area contributed by atoms with Gasteiger partial charge in [0.25, 0.3) is 11.8 Å². The van der Waals surface area contributed by atoms with Crippen molar-refractivity contribution in [1.29, 1.82) is 0 Å². The summed E-state index contributed by atoms with van der Waals surface area (Å²) in [5.74, 6) is -4.77. The number of amides is 1. The van der Waals surface area contributed by atoms with Gasteiger partial charge in [-0.15, -0.1) is 0 Å². The quantitative estimate of drug-likeness (QED) is 0.630. The summed E-state index contributed by atoms with van der Waals surface area (Å²) in [6.07, 6.45) is 0. The molecule has 1 amide bonds. The Morgan fingerprint density at radius 3 is 2.53 bits per heavy atom. The summed E-state index contributed by atoms with van der Waals surface area (Å²) < 4.78 is 59.8. The minimum absolute atomic E-state index is 0.172. The summed E-state index contributed by atoms with van der Waals surface area (Å²) in [7, 11) is -3.62. The third kappa shape index (κ3) is 3.72. The second-order valence-corrected chi connectivity index (χ2v) is 10.1. The van der Waals surface area contributed by atoms with Crippen LogP contribution in [0.15, 0.2) is 59.6 Å². The van der Waals surface area contributed by atoms with Gasteiger partial charge in [0.1, 0.15) is 11.4 Å². The number of carbonyl (C=O) groups excluding carboxylic acids is 1. The zero-order valence-electron chi connectivity index (χ0n) is 16.1. The Labute approximate surface area is 172 Å². The number of hydrogen-bond acceptors (Lipinski definition) is 3. The van der Waals surface area contributed by atoms with E-state index in [2.05, 4.69) is 15.0 Å². The Morgan fingerprint density at radius 2 is 1.83 bits per heavy atom. The van der Waals surface area contributed by atoms with Gasteiger partial charge in [-0.2, -0.15) is 0 Å². The first-order valence-electron chi connectivity index (χ1n) is 9.33. The Bertz CT molecular complexity index is 1060. The summed E-state index contributed by atoms with van der Waals surface area (Å²) in [4.78, 5) is 17.1. The van der Waals surface area contributed by atoms with Crippen LogP contribution in [-0.4, -0.2) is 45.1 Å². The minimum atomic E-state index is -3.62. The molecular weight excluding hydrogens is 417 g/mol. The number of halogens is 3. The predicted octanol–water partition coefficient (Wildman–Crippen LogP) is 2.23. The summed E-state index contributed by atoms with van der Waals surface area (Å²) >= 11 is 0. The van der Waals surface area contributed by atoms with Crippen molar-refractivity contribution in [1.82, 2.24) is 14.3 Å². The first-order valence-corrected chi connectivity index (χ1v) is 11.2. The molecule has 0 unspecified atom stereocenters. The smallest absolute Gasteiger partial charge is 0.279 e. The molecule has 1 fully saturated rings. The molecule has 0 bridgehead atoms. The van der Waals surface area contributed by atoms with Gasteiger partial charge in [-0.3, -0.25) is 18.6 Å². The van der Waals surface area contributed by atoms with Crippen molar-refractivity contribution in [2.75, 3.05) is 18.8 Å². The lowest BCUT2D eigenvalue weighted by Gasteiger charge is -2.51. The molecule has 2 aliphatic heterocycles. The molecule has 0 spiro atoms. The molecule has 0 saturated carbocycles. The molecule has 1 saturated heterocycles. The van der Waals surface area contributed by atoms with Crippen molar-refractivity contribution >= 4 is 22.2 Å². The van der Waals surface area contributed by atoms with Crippen LogP contribution in [0.3, 0.4) is 0 Å². The largest absolute Gasteiger partial charge is 0.292 e. The van der Waals surface area contributed by atoms with E-state index in [1.807, 2.05) is 0 Å². The summed E-state index contributed by atoms with van der Waals surface area (Å²) in [6, 6.07) is 14.0. The van der Waals surface area contributed by atoms with E-state index in [9.17, 15) is 22.2 Å². The SMILES string of the molecule is C[C@@]1(c2ccccc2F)C[SH]2(=O)NCC(F)(F)CN2C(NC(=O)c2ccccc2)=N1. The van der Waals surface area contributed by atoms with E-state index in [0.29, 0.717) is 0 Å². The minimum Gasteiger partial charge on any atom is -0.292 e. The van der Waals surface area contributed by atoms with E-state index in [4.69, 9.17) is 0 Å². The van der Waals surface area contributed by atoms with Gasteiger partial charge < -0.3 is 0 Å². The van der Waals surface area contributed by atoms with E-state index in [1.165, 1.54) is 18.2 Å². The standard InChI is InChI=1S/C20H21F3N4O2S/c1-19(15-9-5-6-10-16(15)21)13-30(29)24-11-20(22,23)12-27(30)18(26-19)25-17(28)14-7-3-2-4-8-14/h2-10,30H,11-13H2,1H3,(H,24,29)(H,25,26,28)/t19-/m0/s1. The van der Waals surface area contributed by atoms with Crippen LogP contribution in [0, 0.1) is 5.82 Å². The van der Waals surface area contributed by atoms with Gasteiger partial charge in [0.2, 0.25) is 5.96 Å². The number of nitrogens with one attached hydrogen (secondary N) is 2. The summed E-state index contributed by atoms with van der Waals surface area (Å²) in [6.45, 7) is -0.0575. The van der Waals surface area contributed by atoms with Crippen LogP contribution in [-0.2, 0) is 15.8 Å². The van der Waals surface area contributed by atoms with Gasteiger partial charge in [0.15, 0.2) is 0 Å². The average Bonchev–Trinajstić information content (AvgIpc) is 2.70. The molecule has 0 radical (unpaired) electrons. The van der Waals surface area contributed by atoms with Crippen LogP contribution in [0.25, 0.3) is 0 Å². The topological polar surface area (TPSA) is 73.8 Å². The van der Waals surface area contributed by atoms with Crippen LogP contribution < -0.4 is 10.0 Å². The van der Waals surface area contributed by atoms with Gasteiger partial charge >= 0.3 is 0 Å². The first kappa shape index (κ1) is 20.5. The normalized spacial score (nSPS) is 25.6. The van der Waals surface area contributed by atoms with Gasteiger partial charge in [0, 0.05) is 21.4 Å². The highest BCUT2D eigenvalue weighted by Gasteiger charge is 2.51. The number of nitrogens with zero attached hydrogens (tertiary/aromatic N) is 2. The zero-order valence-corrected chi connectivity index (χ0v) is 17.0. The number of fused-ring (bicyclic) bond motifs is 1. The third-order valence-electron chi connectivity index (χ3n) is 5.19. The van der Waals surface area contributed by atoms with E-state index >= 15 is 0 Å². The molecule has 2 N–H and O–H groups in total. The van der Waals surface area contributed by atoms with Crippen molar-refractivity contribution in [2.45, 2.75) is 18.4 Å². The molecule has 2 heterocycles. The fraction of sp³-hybridized carbons (Fsp3) is 0.300. The maximum absolute atomic E-state index is 14.5. The van der Waals surface area contributed by atoms with Crippen LogP contribution in [0.1, 0.15) is 22.8 Å². The molecule has 0 aromatic heterocycles. The van der Waals surface area contributed by atoms with Crippen molar-refractivity contribution < 1.29 is 22.2 Å². The molecule has 1 atom stereocenters. The number of benzene rings is 2. The van der Waals surface area contributed by atoms with Gasteiger partial charge in [0.05, 0.1) is 18.8 Å². The maximum Gasteiger partial charge on any atom is 0.279 e. The van der Waals surface area contributed by atoms with Gasteiger partial charge in [-0.05, 0) is 25.1 Å². The molecule has 6 nitrogen and oxygen atoms in total. The number of rotatable bonds is 2. The lowest BCUT2D eigenvalue weighted by atomic mass is 9.94. The maximum atomic E-state index is 14.5. The van der Waals surface area contributed by atoms with E-state index in [-0.39, 0.29) is 22.8 Å². The predicted molar refractivity (Wildman–Crippen MR) is 109 cm³/mol. The third-order valence-corrected chi connectivity index (χ3v) is 8.00. The molecule has 2 aromatic rings. The molecule has 10 heteroatoms. The first-order chi connectivity index (χ1) is 14.1. The highest BCUT2D eigenvalue weighted by Crippen LogP contribution is 2.38. The van der Waals surface area contributed by atoms with Crippen LogP contribution >= 0.6 is 0 Å². The average molecular weight is 438 g/mol.